The second-order valence-electron chi connectivity index (χ2n) is 5.94. The molecule has 1 heterocycles. The molecule has 4 atom stereocenters. The number of rotatable bonds is 2. The van der Waals surface area contributed by atoms with E-state index in [0.717, 1.165) is 45.2 Å². The highest BCUT2D eigenvalue weighted by atomic mass is 16.5. The summed E-state index contributed by atoms with van der Waals surface area (Å²) in [7, 11) is 1.74. The summed E-state index contributed by atoms with van der Waals surface area (Å²) < 4.78 is 5.39. The van der Waals surface area contributed by atoms with E-state index in [2.05, 4.69) is 6.92 Å². The van der Waals surface area contributed by atoms with E-state index in [1.54, 1.807) is 7.11 Å². The maximum absolute atomic E-state index is 12.6. The molecule has 0 radical (unpaired) electrons. The molecule has 2 aliphatic rings. The van der Waals surface area contributed by atoms with Gasteiger partial charge >= 0.3 is 0 Å². The lowest BCUT2D eigenvalue weighted by Gasteiger charge is -2.38. The van der Waals surface area contributed by atoms with Gasteiger partial charge in [-0.05, 0) is 38.0 Å². The molecule has 4 heteroatoms. The normalized spacial score (nSPS) is 37.6. The van der Waals surface area contributed by atoms with E-state index >= 15 is 0 Å². The van der Waals surface area contributed by atoms with Crippen molar-refractivity contribution < 1.29 is 9.53 Å². The van der Waals surface area contributed by atoms with E-state index in [0.29, 0.717) is 11.8 Å². The Kier molecular flexibility index (Phi) is 4.62. The molecule has 2 fully saturated rings. The second-order valence-corrected chi connectivity index (χ2v) is 5.94. The number of likely N-dealkylation sites (tertiary alicyclic amines) is 1. The van der Waals surface area contributed by atoms with Crippen LogP contribution in [0, 0.1) is 11.8 Å². The highest BCUT2D eigenvalue weighted by molar-refractivity contribution is 5.79. The summed E-state index contributed by atoms with van der Waals surface area (Å²) in [5, 5.41) is 0. The van der Waals surface area contributed by atoms with Gasteiger partial charge in [0.1, 0.15) is 0 Å². The van der Waals surface area contributed by atoms with Gasteiger partial charge in [-0.15, -0.1) is 0 Å². The maximum Gasteiger partial charge on any atom is 0.226 e. The van der Waals surface area contributed by atoms with Crippen molar-refractivity contribution >= 4 is 5.91 Å². The highest BCUT2D eigenvalue weighted by Crippen LogP contribution is 2.31. The maximum atomic E-state index is 12.6. The van der Waals surface area contributed by atoms with E-state index < -0.39 is 0 Å². The average molecular weight is 254 g/mol. The van der Waals surface area contributed by atoms with E-state index in [-0.39, 0.29) is 18.1 Å². The zero-order valence-electron chi connectivity index (χ0n) is 11.6. The van der Waals surface area contributed by atoms with Crippen LogP contribution in [-0.4, -0.2) is 43.2 Å². The topological polar surface area (TPSA) is 55.6 Å². The third-order valence-electron chi connectivity index (χ3n) is 4.55. The van der Waals surface area contributed by atoms with Crippen molar-refractivity contribution in [2.45, 2.75) is 51.2 Å². The molecule has 0 spiro atoms. The van der Waals surface area contributed by atoms with Crippen LogP contribution < -0.4 is 5.73 Å². The van der Waals surface area contributed by atoms with Gasteiger partial charge in [0.15, 0.2) is 0 Å². The number of piperidine rings is 1. The number of nitrogens with zero attached hydrogens (tertiary/aromatic N) is 1. The summed E-state index contributed by atoms with van der Waals surface area (Å²) in [4.78, 5) is 14.6. The lowest BCUT2D eigenvalue weighted by atomic mass is 9.77. The molecule has 104 valence electrons. The molecule has 1 saturated carbocycles. The molecule has 0 aromatic rings. The summed E-state index contributed by atoms with van der Waals surface area (Å²) in [6, 6.07) is 0.289. The van der Waals surface area contributed by atoms with Gasteiger partial charge in [0.25, 0.3) is 0 Å². The van der Waals surface area contributed by atoms with Crippen LogP contribution in [0.3, 0.4) is 0 Å². The van der Waals surface area contributed by atoms with Crippen molar-refractivity contribution in [2.24, 2.45) is 17.6 Å². The van der Waals surface area contributed by atoms with Gasteiger partial charge in [-0.3, -0.25) is 4.79 Å². The Labute approximate surface area is 110 Å². The first-order valence-corrected chi connectivity index (χ1v) is 7.19. The van der Waals surface area contributed by atoms with Crippen LogP contribution in [0.15, 0.2) is 0 Å². The lowest BCUT2D eigenvalue weighted by molar-refractivity contribution is -0.142. The first-order chi connectivity index (χ1) is 8.61. The zero-order valence-corrected chi connectivity index (χ0v) is 11.6. The second kappa shape index (κ2) is 6.02. The van der Waals surface area contributed by atoms with Gasteiger partial charge in [-0.1, -0.05) is 6.92 Å². The van der Waals surface area contributed by atoms with Gasteiger partial charge in [0.2, 0.25) is 5.91 Å². The fraction of sp³-hybridized carbons (Fsp3) is 0.929. The van der Waals surface area contributed by atoms with Crippen LogP contribution in [0.1, 0.15) is 39.0 Å². The average Bonchev–Trinajstić information content (AvgIpc) is 2.38. The van der Waals surface area contributed by atoms with Crippen LogP contribution in [-0.2, 0) is 9.53 Å². The summed E-state index contributed by atoms with van der Waals surface area (Å²) in [5.41, 5.74) is 5.96. The van der Waals surface area contributed by atoms with Crippen molar-refractivity contribution in [3.8, 4) is 0 Å². The van der Waals surface area contributed by atoms with Gasteiger partial charge in [-0.2, -0.15) is 0 Å². The van der Waals surface area contributed by atoms with Crippen molar-refractivity contribution in [3.05, 3.63) is 0 Å². The number of methoxy groups -OCH3 is 1. The van der Waals surface area contributed by atoms with Gasteiger partial charge in [-0.25, -0.2) is 0 Å². The predicted molar refractivity (Wildman–Crippen MR) is 71.1 cm³/mol. The van der Waals surface area contributed by atoms with Crippen molar-refractivity contribution in [1.82, 2.24) is 4.90 Å². The zero-order chi connectivity index (χ0) is 13.1. The number of carbonyl (C=O) groups is 1. The molecule has 1 aliphatic carbocycles. The number of amides is 1. The van der Waals surface area contributed by atoms with E-state index in [9.17, 15) is 4.79 Å². The molecule has 18 heavy (non-hydrogen) atoms. The summed E-state index contributed by atoms with van der Waals surface area (Å²) in [6.07, 6.45) is 5.29. The van der Waals surface area contributed by atoms with E-state index in [1.165, 1.54) is 0 Å². The van der Waals surface area contributed by atoms with Crippen molar-refractivity contribution in [3.63, 3.8) is 0 Å². The minimum Gasteiger partial charge on any atom is -0.380 e. The third-order valence-corrected chi connectivity index (χ3v) is 4.55. The lowest BCUT2D eigenvalue weighted by Crippen LogP contribution is -2.48. The summed E-state index contributed by atoms with van der Waals surface area (Å²) in [5.74, 6) is 0.931. The highest BCUT2D eigenvalue weighted by Gasteiger charge is 2.35. The predicted octanol–water partition coefficient (Wildman–Crippen LogP) is 1.39. The number of carbonyl (C=O) groups excluding carboxylic acids is 1. The molecule has 0 aromatic heterocycles. The Hall–Kier alpha value is -0.610. The smallest absolute Gasteiger partial charge is 0.226 e. The molecule has 0 bridgehead atoms. The van der Waals surface area contributed by atoms with Gasteiger partial charge in [0, 0.05) is 32.2 Å². The van der Waals surface area contributed by atoms with Crippen LogP contribution in [0.4, 0.5) is 0 Å². The molecule has 1 saturated heterocycles. The van der Waals surface area contributed by atoms with Gasteiger partial charge < -0.3 is 15.4 Å². The number of hydrogen-bond donors (Lipinski definition) is 1. The fourth-order valence-electron chi connectivity index (χ4n) is 3.37. The Morgan fingerprint density at radius 3 is 2.78 bits per heavy atom. The van der Waals surface area contributed by atoms with Crippen LogP contribution in [0.5, 0.6) is 0 Å². The minimum atomic E-state index is 0.181. The first kappa shape index (κ1) is 13.8. The quantitative estimate of drug-likeness (QED) is 0.810. The van der Waals surface area contributed by atoms with E-state index in [1.807, 2.05) is 4.90 Å². The monoisotopic (exact) mass is 254 g/mol. The Balaban J connectivity index is 1.94. The van der Waals surface area contributed by atoms with Crippen LogP contribution in [0.25, 0.3) is 0 Å². The Morgan fingerprint density at radius 1 is 1.33 bits per heavy atom. The first-order valence-electron chi connectivity index (χ1n) is 7.19. The molecule has 2 rings (SSSR count). The van der Waals surface area contributed by atoms with Crippen molar-refractivity contribution in [2.75, 3.05) is 20.2 Å². The van der Waals surface area contributed by atoms with Crippen LogP contribution in [0.2, 0.25) is 0 Å². The molecular weight excluding hydrogens is 228 g/mol. The summed E-state index contributed by atoms with van der Waals surface area (Å²) >= 11 is 0. The molecule has 2 N–H and O–H groups in total. The van der Waals surface area contributed by atoms with Gasteiger partial charge in [0.05, 0.1) is 6.10 Å². The largest absolute Gasteiger partial charge is 0.380 e. The molecular formula is C14H26N2O2. The standard InChI is InChI=1S/C14H26N2O2/c1-10-8-11(15)5-6-13(10)14(17)16-7-3-4-12(9-16)18-2/h10-13H,3-9,15H2,1-2H3. The molecule has 0 aromatic carbocycles. The number of nitrogens with two attached hydrogens (primary N) is 1. The fourth-order valence-corrected chi connectivity index (χ4v) is 3.37. The minimum absolute atomic E-state index is 0.181. The molecule has 4 unspecified atom stereocenters. The Morgan fingerprint density at radius 2 is 2.11 bits per heavy atom. The summed E-state index contributed by atoms with van der Waals surface area (Å²) in [6.45, 7) is 3.83. The molecule has 1 aliphatic heterocycles. The molecule has 1 amide bonds. The number of ether oxygens (including phenoxy) is 1. The Bertz CT molecular complexity index is 296. The van der Waals surface area contributed by atoms with Crippen LogP contribution >= 0.6 is 0 Å². The van der Waals surface area contributed by atoms with Crippen molar-refractivity contribution in [1.29, 1.82) is 0 Å². The third kappa shape index (κ3) is 3.04. The molecule has 4 nitrogen and oxygen atoms in total. The SMILES string of the molecule is COC1CCCN(C(=O)C2CCC(N)CC2C)C1. The number of hydrogen-bond acceptors (Lipinski definition) is 3. The van der Waals surface area contributed by atoms with E-state index in [4.69, 9.17) is 10.5 Å².